The van der Waals surface area contributed by atoms with Gasteiger partial charge in [0.2, 0.25) is 6.71 Å². The van der Waals surface area contributed by atoms with Gasteiger partial charge in [-0.1, -0.05) is 115 Å². The minimum atomic E-state index is -0.352. The van der Waals surface area contributed by atoms with Crippen LogP contribution in [0.1, 0.15) is 19.4 Å². The second-order valence-electron chi connectivity index (χ2n) is 15.7. The van der Waals surface area contributed by atoms with Crippen LogP contribution in [0.2, 0.25) is 0 Å². The van der Waals surface area contributed by atoms with Gasteiger partial charge >= 0.3 is 0 Å². The van der Waals surface area contributed by atoms with Crippen LogP contribution >= 0.6 is 0 Å². The summed E-state index contributed by atoms with van der Waals surface area (Å²) in [6.07, 6.45) is 0.938. The summed E-state index contributed by atoms with van der Waals surface area (Å²) in [5, 5.41) is 1.31. The lowest BCUT2D eigenvalue weighted by atomic mass is 9.35. The predicted molar refractivity (Wildman–Crippen MR) is 231 cm³/mol. The molecule has 0 atom stereocenters. The topological polar surface area (TPSA) is 17.9 Å². The lowest BCUT2D eigenvalue weighted by molar-refractivity contribution is 0.539. The lowest BCUT2D eigenvalue weighted by Gasteiger charge is -2.47. The number of hydrogen-bond acceptors (Lipinski definition) is 4. The number of rotatable bonds is 5. The van der Waals surface area contributed by atoms with Crippen molar-refractivity contribution in [1.82, 2.24) is 4.57 Å². The van der Waals surface area contributed by atoms with Gasteiger partial charge in [0.05, 0.1) is 34.0 Å². The summed E-state index contributed by atoms with van der Waals surface area (Å²) in [5.41, 5.74) is 17.5. The monoisotopic (exact) mass is 707 g/mol. The first kappa shape index (κ1) is 30.8. The quantitative estimate of drug-likeness (QED) is 0.166. The van der Waals surface area contributed by atoms with E-state index in [4.69, 9.17) is 0 Å². The van der Waals surface area contributed by atoms with E-state index in [9.17, 15) is 0 Å². The Bertz CT molecular complexity index is 2780. The van der Waals surface area contributed by atoms with Gasteiger partial charge in [0.15, 0.2) is 0 Å². The average Bonchev–Trinajstić information content (AvgIpc) is 3.59. The van der Waals surface area contributed by atoms with Crippen molar-refractivity contribution in [1.29, 1.82) is 0 Å². The molecule has 5 heterocycles. The third kappa shape index (κ3) is 4.09. The molecule has 12 rings (SSSR count). The molecule has 0 radical (unpaired) electrons. The van der Waals surface area contributed by atoms with Crippen LogP contribution in [0.25, 0.3) is 10.9 Å². The number of nitrogens with zero attached hydrogens (tertiary/aromatic N) is 5. The Morgan fingerprint density at radius 1 is 0.564 bits per heavy atom. The van der Waals surface area contributed by atoms with E-state index in [1.165, 1.54) is 72.8 Å². The predicted octanol–water partition coefficient (Wildman–Crippen LogP) is 10.3. The zero-order valence-electron chi connectivity index (χ0n) is 30.9. The summed E-state index contributed by atoms with van der Waals surface area (Å²) in [7, 11) is 0. The molecule has 0 amide bonds. The summed E-state index contributed by atoms with van der Waals surface area (Å²) < 4.78 is 2.65. The van der Waals surface area contributed by atoms with E-state index in [1.807, 2.05) is 0 Å². The Morgan fingerprint density at radius 2 is 1.22 bits per heavy atom. The largest absolute Gasteiger partial charge is 0.327 e. The van der Waals surface area contributed by atoms with Crippen LogP contribution in [-0.4, -0.2) is 16.9 Å². The first-order valence-electron chi connectivity index (χ1n) is 19.5. The van der Waals surface area contributed by atoms with E-state index in [0.29, 0.717) is 0 Å². The molecule has 8 aromatic rings. The minimum Gasteiger partial charge on any atom is -0.327 e. The summed E-state index contributed by atoms with van der Waals surface area (Å²) in [5.74, 6) is 1.30. The molecule has 4 aliphatic rings. The first-order valence-corrected chi connectivity index (χ1v) is 19.5. The highest BCUT2D eigenvalue weighted by molar-refractivity contribution is 6.99. The Labute approximate surface area is 322 Å². The van der Waals surface area contributed by atoms with Crippen LogP contribution < -0.4 is 36.0 Å². The Hall–Kier alpha value is -6.66. The molecule has 0 bridgehead atoms. The molecule has 7 aromatic carbocycles. The van der Waals surface area contributed by atoms with Crippen molar-refractivity contribution in [3.8, 4) is 0 Å². The van der Waals surface area contributed by atoms with Gasteiger partial charge in [-0.25, -0.2) is 0 Å². The summed E-state index contributed by atoms with van der Waals surface area (Å²) in [4.78, 5) is 10.3. The molecule has 0 saturated carbocycles. The molecule has 1 aromatic heterocycles. The zero-order chi connectivity index (χ0) is 36.4. The molecule has 0 saturated heterocycles. The van der Waals surface area contributed by atoms with E-state index in [1.54, 1.807) is 0 Å². The van der Waals surface area contributed by atoms with Gasteiger partial charge in [-0.2, -0.15) is 0 Å². The van der Waals surface area contributed by atoms with Gasteiger partial charge < -0.3 is 19.3 Å². The fourth-order valence-corrected chi connectivity index (χ4v) is 10.3. The standard InChI is InChI=1S/C49H38BN5/c1-49(2)54(37-22-13-6-14-23-37)42-29-26-33-30-31-51-43-32-38(52(35-18-9-4-10-19-35)36-20-11-5-12-21-36)27-28-39(43)44-48(51)53-45(33)47(42)55(49)41-25-15-24-40(46(41)53)50(44)34-16-7-3-8-17-34/h3-29,32H,30-31H2,1-2H3. The molecule has 5 nitrogen and oxygen atoms in total. The fraction of sp³-hybridized carbons (Fsp3) is 0.102. The van der Waals surface area contributed by atoms with Crippen molar-refractivity contribution in [3.63, 3.8) is 0 Å². The van der Waals surface area contributed by atoms with Crippen molar-refractivity contribution in [2.45, 2.75) is 32.5 Å². The number of anilines is 10. The third-order valence-corrected chi connectivity index (χ3v) is 12.4. The molecule has 4 aliphatic heterocycles. The number of aryl methyl sites for hydroxylation is 2. The highest BCUT2D eigenvalue weighted by Crippen LogP contribution is 2.64. The normalized spacial score (nSPS) is 15.3. The molecular weight excluding hydrogens is 669 g/mol. The van der Waals surface area contributed by atoms with E-state index in [-0.39, 0.29) is 12.4 Å². The number of hydrogen-bond donors (Lipinski definition) is 0. The van der Waals surface area contributed by atoms with Crippen LogP contribution in [0.5, 0.6) is 0 Å². The van der Waals surface area contributed by atoms with Crippen LogP contribution in [0.3, 0.4) is 0 Å². The minimum absolute atomic E-state index is 0.0681. The molecule has 0 spiro atoms. The van der Waals surface area contributed by atoms with Crippen LogP contribution in [-0.2, 0) is 13.0 Å². The smallest absolute Gasteiger partial charge is 0.249 e. The highest BCUT2D eigenvalue weighted by Gasteiger charge is 2.53. The van der Waals surface area contributed by atoms with Crippen molar-refractivity contribution < 1.29 is 0 Å². The first-order chi connectivity index (χ1) is 27.1. The van der Waals surface area contributed by atoms with Crippen LogP contribution in [0.4, 0.5) is 57.0 Å². The third-order valence-electron chi connectivity index (χ3n) is 12.4. The molecule has 0 unspecified atom stereocenters. The average molecular weight is 708 g/mol. The maximum Gasteiger partial charge on any atom is 0.249 e. The zero-order valence-corrected chi connectivity index (χ0v) is 30.9. The van der Waals surface area contributed by atoms with Crippen molar-refractivity contribution in [2.24, 2.45) is 0 Å². The van der Waals surface area contributed by atoms with Gasteiger partial charge in [-0.05, 0) is 103 Å². The molecule has 55 heavy (non-hydrogen) atoms. The fourth-order valence-electron chi connectivity index (χ4n) is 10.3. The maximum atomic E-state index is 2.67. The van der Waals surface area contributed by atoms with Crippen molar-refractivity contribution in [2.75, 3.05) is 19.6 Å². The number of benzene rings is 7. The van der Waals surface area contributed by atoms with E-state index < -0.39 is 0 Å². The van der Waals surface area contributed by atoms with E-state index in [0.717, 1.165) is 30.0 Å². The molecule has 6 heteroatoms. The van der Waals surface area contributed by atoms with Gasteiger partial charge in [0.1, 0.15) is 11.5 Å². The molecular formula is C49H38BN5. The van der Waals surface area contributed by atoms with Crippen LogP contribution in [0.15, 0.2) is 170 Å². The number of para-hydroxylation sites is 4. The molecule has 262 valence electrons. The number of aromatic nitrogens is 1. The highest BCUT2D eigenvalue weighted by atomic mass is 15.5. The molecule has 0 aliphatic carbocycles. The summed E-state index contributed by atoms with van der Waals surface area (Å²) in [6, 6.07) is 62.6. The van der Waals surface area contributed by atoms with Crippen molar-refractivity contribution in [3.05, 3.63) is 175 Å². The molecule has 0 N–H and O–H groups in total. The SMILES string of the molecule is CC1(C)N(c2ccccc2)c2ccc3c4c2N1c1cccc2c1N4c1c(c4ccc(N(c5ccccc5)c5ccccc5)cc4n1CC3)B2c1ccccc1. The van der Waals surface area contributed by atoms with E-state index in [2.05, 4.69) is 208 Å². The second-order valence-corrected chi connectivity index (χ2v) is 15.7. The van der Waals surface area contributed by atoms with Gasteiger partial charge in [-0.15, -0.1) is 0 Å². The lowest BCUT2D eigenvalue weighted by Crippen LogP contribution is -2.58. The molecule has 0 fully saturated rings. The Balaban J connectivity index is 1.17. The van der Waals surface area contributed by atoms with Crippen LogP contribution in [0, 0.1) is 0 Å². The second kappa shape index (κ2) is 11.2. The summed E-state index contributed by atoms with van der Waals surface area (Å²) >= 11 is 0. The maximum absolute atomic E-state index is 2.67. The van der Waals surface area contributed by atoms with Gasteiger partial charge in [0.25, 0.3) is 0 Å². The Morgan fingerprint density at radius 3 is 1.93 bits per heavy atom. The summed E-state index contributed by atoms with van der Waals surface area (Å²) in [6.45, 7) is 5.72. The van der Waals surface area contributed by atoms with Crippen molar-refractivity contribution >= 4 is 91.0 Å². The number of fused-ring (bicyclic) bond motifs is 4. The van der Waals surface area contributed by atoms with Gasteiger partial charge in [-0.3, -0.25) is 4.90 Å². The van der Waals surface area contributed by atoms with E-state index >= 15 is 0 Å². The van der Waals surface area contributed by atoms with Gasteiger partial charge in [0, 0.05) is 29.3 Å². The Kier molecular flexibility index (Phi) is 6.26.